The molecule has 0 saturated heterocycles. The Balaban J connectivity index is 2.21. The summed E-state index contributed by atoms with van der Waals surface area (Å²) in [5.41, 5.74) is 2.24. The lowest BCUT2D eigenvalue weighted by molar-refractivity contribution is -0.144. The molecule has 6 nitrogen and oxygen atoms in total. The van der Waals surface area contributed by atoms with Crippen LogP contribution in [0.15, 0.2) is 47.5 Å². The maximum atomic E-state index is 12.6. The molecule has 0 fully saturated rings. The molecule has 1 N–H and O–H groups in total. The van der Waals surface area contributed by atoms with E-state index in [1.54, 1.807) is 34.9 Å². The first-order chi connectivity index (χ1) is 12.9. The van der Waals surface area contributed by atoms with Crippen LogP contribution in [0.25, 0.3) is 10.2 Å². The molecular formula is C20H20N2O4S. The van der Waals surface area contributed by atoms with Crippen molar-refractivity contribution in [1.29, 1.82) is 0 Å². The number of ether oxygens (including phenoxy) is 1. The highest BCUT2D eigenvalue weighted by Gasteiger charge is 2.23. The van der Waals surface area contributed by atoms with Crippen LogP contribution in [0.3, 0.4) is 0 Å². The Morgan fingerprint density at radius 1 is 1.22 bits per heavy atom. The highest BCUT2D eigenvalue weighted by molar-refractivity contribution is 7.16. The van der Waals surface area contributed by atoms with Crippen LogP contribution in [0.5, 0.6) is 5.75 Å². The zero-order valence-electron chi connectivity index (χ0n) is 15.3. The van der Waals surface area contributed by atoms with Gasteiger partial charge < -0.3 is 14.4 Å². The number of rotatable bonds is 4. The van der Waals surface area contributed by atoms with Gasteiger partial charge in [0, 0.05) is 5.56 Å². The largest absolute Gasteiger partial charge is 0.508 e. The molecule has 1 unspecified atom stereocenters. The fourth-order valence-electron chi connectivity index (χ4n) is 2.85. The number of hydrogen-bond acceptors (Lipinski definition) is 5. The van der Waals surface area contributed by atoms with Crippen molar-refractivity contribution in [1.82, 2.24) is 4.57 Å². The zero-order valence-corrected chi connectivity index (χ0v) is 16.1. The highest BCUT2D eigenvalue weighted by Crippen LogP contribution is 2.26. The Morgan fingerprint density at radius 2 is 1.93 bits per heavy atom. The second-order valence-corrected chi connectivity index (χ2v) is 7.15. The van der Waals surface area contributed by atoms with Crippen LogP contribution in [0, 0.1) is 6.92 Å². The van der Waals surface area contributed by atoms with E-state index in [2.05, 4.69) is 4.99 Å². The summed E-state index contributed by atoms with van der Waals surface area (Å²) in [7, 11) is 1.33. The van der Waals surface area contributed by atoms with Crippen molar-refractivity contribution < 1.29 is 19.4 Å². The van der Waals surface area contributed by atoms with E-state index in [-0.39, 0.29) is 11.7 Å². The maximum Gasteiger partial charge on any atom is 0.328 e. The Morgan fingerprint density at radius 3 is 2.56 bits per heavy atom. The van der Waals surface area contributed by atoms with Crippen molar-refractivity contribution in [2.75, 3.05) is 7.11 Å². The van der Waals surface area contributed by atoms with Crippen molar-refractivity contribution in [3.05, 3.63) is 58.4 Å². The number of thiazole rings is 1. The van der Waals surface area contributed by atoms with Gasteiger partial charge in [0.05, 0.1) is 17.3 Å². The molecule has 0 bridgehead atoms. The van der Waals surface area contributed by atoms with Gasteiger partial charge in [-0.3, -0.25) is 4.79 Å². The minimum atomic E-state index is -0.613. The molecule has 140 valence electrons. The van der Waals surface area contributed by atoms with Crippen molar-refractivity contribution in [3.8, 4) is 5.75 Å². The molecule has 0 aliphatic carbocycles. The Hall–Kier alpha value is -2.93. The summed E-state index contributed by atoms with van der Waals surface area (Å²) in [5.74, 6) is -0.688. The van der Waals surface area contributed by atoms with Gasteiger partial charge in [0.15, 0.2) is 4.80 Å². The van der Waals surface area contributed by atoms with Crippen molar-refractivity contribution in [3.63, 3.8) is 0 Å². The van der Waals surface area contributed by atoms with E-state index in [0.29, 0.717) is 22.3 Å². The molecule has 0 spiro atoms. The fourth-order valence-corrected chi connectivity index (χ4v) is 3.95. The summed E-state index contributed by atoms with van der Waals surface area (Å²) < 4.78 is 7.36. The number of amides is 1. The molecule has 1 aromatic heterocycles. The van der Waals surface area contributed by atoms with Crippen molar-refractivity contribution in [2.24, 2.45) is 4.99 Å². The molecule has 0 aliphatic rings. The van der Waals surface area contributed by atoms with E-state index in [1.165, 1.54) is 18.4 Å². The van der Waals surface area contributed by atoms with E-state index in [9.17, 15) is 14.7 Å². The Bertz CT molecular complexity index is 1060. The molecule has 3 aromatic rings. The zero-order chi connectivity index (χ0) is 19.6. The fraction of sp³-hybridized carbons (Fsp3) is 0.250. The number of aromatic nitrogens is 1. The standard InChI is InChI=1S/C20H20N2O4S/c1-4-15(19(25)26-3)22-16-10-9-14(23)11-17(16)27-20(22)21-18(24)13-7-5-12(2)6-8-13/h5-11,15,23H,4H2,1-3H3. The van der Waals surface area contributed by atoms with Crippen LogP contribution >= 0.6 is 11.3 Å². The summed E-state index contributed by atoms with van der Waals surface area (Å²) in [4.78, 5) is 29.6. The van der Waals surface area contributed by atoms with E-state index >= 15 is 0 Å². The third-order valence-corrected chi connectivity index (χ3v) is 5.30. The van der Waals surface area contributed by atoms with Gasteiger partial charge in [0.2, 0.25) is 0 Å². The van der Waals surface area contributed by atoms with Gasteiger partial charge in [-0.15, -0.1) is 0 Å². The smallest absolute Gasteiger partial charge is 0.328 e. The second-order valence-electron chi connectivity index (χ2n) is 6.14. The average Bonchev–Trinajstić information content (AvgIpc) is 2.99. The molecule has 3 rings (SSSR count). The van der Waals surface area contributed by atoms with E-state index in [1.807, 2.05) is 26.0 Å². The summed E-state index contributed by atoms with van der Waals surface area (Å²) in [6.07, 6.45) is 0.477. The van der Waals surface area contributed by atoms with E-state index in [4.69, 9.17) is 4.74 Å². The van der Waals surface area contributed by atoms with E-state index < -0.39 is 12.0 Å². The number of benzene rings is 2. The quantitative estimate of drug-likeness (QED) is 0.697. The minimum Gasteiger partial charge on any atom is -0.508 e. The summed E-state index contributed by atoms with van der Waals surface area (Å²) in [6.45, 7) is 3.81. The van der Waals surface area contributed by atoms with Crippen LogP contribution in [0.2, 0.25) is 0 Å². The molecule has 7 heteroatoms. The first kappa shape index (κ1) is 18.8. The first-order valence-corrected chi connectivity index (χ1v) is 9.34. The maximum absolute atomic E-state index is 12.6. The summed E-state index contributed by atoms with van der Waals surface area (Å²) >= 11 is 1.24. The monoisotopic (exact) mass is 384 g/mol. The number of aryl methyl sites for hydroxylation is 1. The predicted octanol–water partition coefficient (Wildman–Crippen LogP) is 3.58. The molecule has 0 saturated carbocycles. The van der Waals surface area contributed by atoms with Crippen molar-refractivity contribution >= 4 is 33.4 Å². The van der Waals surface area contributed by atoms with Gasteiger partial charge in [0.25, 0.3) is 5.91 Å². The average molecular weight is 384 g/mol. The van der Waals surface area contributed by atoms with Gasteiger partial charge in [0.1, 0.15) is 11.8 Å². The van der Waals surface area contributed by atoms with Crippen LogP contribution in [0.1, 0.15) is 35.3 Å². The Labute approximate surface area is 160 Å². The lowest BCUT2D eigenvalue weighted by atomic mass is 10.1. The Kier molecular flexibility index (Phi) is 5.41. The number of phenols is 1. The SMILES string of the molecule is CCC(C(=O)OC)n1c(=NC(=O)c2ccc(C)cc2)sc2cc(O)ccc21. The molecule has 0 aliphatic heterocycles. The number of fused-ring (bicyclic) bond motifs is 1. The van der Waals surface area contributed by atoms with Crippen LogP contribution in [-0.4, -0.2) is 28.7 Å². The number of esters is 1. The van der Waals surface area contributed by atoms with Crippen LogP contribution in [-0.2, 0) is 9.53 Å². The second kappa shape index (κ2) is 7.75. The van der Waals surface area contributed by atoms with Gasteiger partial charge >= 0.3 is 5.97 Å². The number of carbonyl (C=O) groups excluding carboxylic acids is 2. The molecule has 1 amide bonds. The topological polar surface area (TPSA) is 80.9 Å². The molecule has 2 aromatic carbocycles. The van der Waals surface area contributed by atoms with Gasteiger partial charge in [-0.05, 0) is 43.7 Å². The van der Waals surface area contributed by atoms with Gasteiger partial charge in [-0.1, -0.05) is 36.0 Å². The number of nitrogens with zero attached hydrogens (tertiary/aromatic N) is 2. The normalized spacial score (nSPS) is 12.9. The van der Waals surface area contributed by atoms with Gasteiger partial charge in [-0.2, -0.15) is 4.99 Å². The lowest BCUT2D eigenvalue weighted by Gasteiger charge is -2.15. The minimum absolute atomic E-state index is 0.110. The third-order valence-electron chi connectivity index (χ3n) is 4.28. The molecular weight excluding hydrogens is 364 g/mol. The van der Waals surface area contributed by atoms with Crippen LogP contribution < -0.4 is 4.80 Å². The number of carbonyl (C=O) groups is 2. The summed E-state index contributed by atoms with van der Waals surface area (Å²) in [5, 5.41) is 9.78. The third kappa shape index (κ3) is 3.78. The molecule has 27 heavy (non-hydrogen) atoms. The molecule has 1 heterocycles. The number of hydrogen-bond donors (Lipinski definition) is 1. The van der Waals surface area contributed by atoms with Crippen LogP contribution in [0.4, 0.5) is 0 Å². The number of aromatic hydroxyl groups is 1. The first-order valence-electron chi connectivity index (χ1n) is 8.52. The molecule has 1 atom stereocenters. The van der Waals surface area contributed by atoms with Gasteiger partial charge in [-0.25, -0.2) is 4.79 Å². The van der Waals surface area contributed by atoms with E-state index in [0.717, 1.165) is 10.3 Å². The summed E-state index contributed by atoms with van der Waals surface area (Å²) in [6, 6.07) is 11.4. The highest BCUT2D eigenvalue weighted by atomic mass is 32.1. The van der Waals surface area contributed by atoms with Crippen molar-refractivity contribution in [2.45, 2.75) is 26.3 Å². The lowest BCUT2D eigenvalue weighted by Crippen LogP contribution is -2.28. The predicted molar refractivity (Wildman–Crippen MR) is 104 cm³/mol. The molecule has 0 radical (unpaired) electrons. The number of methoxy groups -OCH3 is 1. The number of phenolic OH excluding ortho intramolecular Hbond substituents is 1.